The molecule has 0 radical (unpaired) electrons. The van der Waals surface area contributed by atoms with E-state index < -0.39 is 0 Å². The molecule has 3 aliphatic rings. The van der Waals surface area contributed by atoms with Crippen LogP contribution in [0.3, 0.4) is 0 Å². The van der Waals surface area contributed by atoms with Gasteiger partial charge in [0.15, 0.2) is 0 Å². The summed E-state index contributed by atoms with van der Waals surface area (Å²) in [4.78, 5) is 0. The number of epoxide rings is 2. The van der Waals surface area contributed by atoms with E-state index in [1.54, 1.807) is 0 Å². The molecule has 1 aromatic carbocycles. The first-order valence-electron chi connectivity index (χ1n) is 6.40. The van der Waals surface area contributed by atoms with Crippen LogP contribution in [-0.2, 0) is 9.47 Å². The van der Waals surface area contributed by atoms with Gasteiger partial charge in [0, 0.05) is 5.92 Å². The zero-order valence-electron chi connectivity index (χ0n) is 9.67. The fourth-order valence-electron chi connectivity index (χ4n) is 2.85. The summed E-state index contributed by atoms with van der Waals surface area (Å²) in [5.74, 6) is 1.56. The number of hydrogen-bond donors (Lipinski definition) is 0. The van der Waals surface area contributed by atoms with Gasteiger partial charge in [-0.05, 0) is 24.5 Å². The van der Waals surface area contributed by atoms with Crippen LogP contribution in [0.4, 0.5) is 0 Å². The lowest BCUT2D eigenvalue weighted by Crippen LogP contribution is -2.09. The van der Waals surface area contributed by atoms with Gasteiger partial charge in [-0.25, -0.2) is 0 Å². The highest BCUT2D eigenvalue weighted by molar-refractivity contribution is 5.39. The van der Waals surface area contributed by atoms with E-state index in [-0.39, 0.29) is 0 Å². The van der Waals surface area contributed by atoms with Crippen molar-refractivity contribution in [2.24, 2.45) is 0 Å². The molecule has 2 heterocycles. The first-order valence-corrected chi connectivity index (χ1v) is 6.40. The Labute approximate surface area is 101 Å². The van der Waals surface area contributed by atoms with Gasteiger partial charge in [-0.1, -0.05) is 18.2 Å². The average molecular weight is 232 g/mol. The Morgan fingerprint density at radius 3 is 2.82 bits per heavy atom. The predicted octanol–water partition coefficient (Wildman–Crippen LogP) is 2.11. The Balaban J connectivity index is 1.55. The SMILES string of the molecule is c1ccc(C2CCC3OC32)c(OCC2CO2)c1. The lowest BCUT2D eigenvalue weighted by Gasteiger charge is -2.16. The summed E-state index contributed by atoms with van der Waals surface area (Å²) in [5, 5.41) is 0. The van der Waals surface area contributed by atoms with Crippen molar-refractivity contribution in [1.82, 2.24) is 0 Å². The topological polar surface area (TPSA) is 34.3 Å². The fraction of sp³-hybridized carbons (Fsp3) is 0.571. The largest absolute Gasteiger partial charge is 0.490 e. The van der Waals surface area contributed by atoms with Gasteiger partial charge < -0.3 is 14.2 Å². The Morgan fingerprint density at radius 1 is 1.24 bits per heavy atom. The van der Waals surface area contributed by atoms with Gasteiger partial charge >= 0.3 is 0 Å². The van der Waals surface area contributed by atoms with E-state index in [4.69, 9.17) is 14.2 Å². The normalized spacial score (nSPS) is 37.6. The molecule has 2 saturated heterocycles. The summed E-state index contributed by atoms with van der Waals surface area (Å²) in [7, 11) is 0. The molecule has 3 fully saturated rings. The van der Waals surface area contributed by atoms with Crippen LogP contribution in [0.1, 0.15) is 24.3 Å². The van der Waals surface area contributed by atoms with E-state index >= 15 is 0 Å². The second kappa shape index (κ2) is 3.72. The molecule has 4 atom stereocenters. The number of fused-ring (bicyclic) bond motifs is 1. The van der Waals surface area contributed by atoms with E-state index in [9.17, 15) is 0 Å². The molecule has 2 aliphatic heterocycles. The highest BCUT2D eigenvalue weighted by Crippen LogP contribution is 2.50. The van der Waals surface area contributed by atoms with Crippen molar-refractivity contribution in [3.8, 4) is 5.75 Å². The molecule has 90 valence electrons. The summed E-state index contributed by atoms with van der Waals surface area (Å²) in [6, 6.07) is 8.36. The van der Waals surface area contributed by atoms with E-state index in [2.05, 4.69) is 18.2 Å². The Hall–Kier alpha value is -1.06. The van der Waals surface area contributed by atoms with Crippen LogP contribution in [0.2, 0.25) is 0 Å². The van der Waals surface area contributed by atoms with Gasteiger partial charge in [0.05, 0.1) is 18.8 Å². The van der Waals surface area contributed by atoms with Crippen LogP contribution in [0.25, 0.3) is 0 Å². The maximum Gasteiger partial charge on any atom is 0.123 e. The monoisotopic (exact) mass is 232 g/mol. The molecule has 0 spiro atoms. The minimum Gasteiger partial charge on any atom is -0.490 e. The highest BCUT2D eigenvalue weighted by Gasteiger charge is 2.51. The molecule has 17 heavy (non-hydrogen) atoms. The van der Waals surface area contributed by atoms with Crippen molar-refractivity contribution >= 4 is 0 Å². The Morgan fingerprint density at radius 2 is 2.12 bits per heavy atom. The lowest BCUT2D eigenvalue weighted by molar-refractivity contribution is 0.255. The standard InChI is InChI=1S/C14H16O3/c1-2-4-12(16-8-9-7-15-9)10(3-1)11-5-6-13-14(11)17-13/h1-4,9,11,13-14H,5-8H2. The van der Waals surface area contributed by atoms with Crippen molar-refractivity contribution in [2.75, 3.05) is 13.2 Å². The maximum absolute atomic E-state index is 5.86. The third-order valence-corrected chi connectivity index (χ3v) is 3.93. The molecule has 0 amide bonds. The molecular weight excluding hydrogens is 216 g/mol. The zero-order valence-corrected chi connectivity index (χ0v) is 9.67. The molecule has 4 rings (SSSR count). The summed E-state index contributed by atoms with van der Waals surface area (Å²) >= 11 is 0. The molecule has 1 aromatic rings. The molecular formula is C14H16O3. The minimum absolute atomic E-state index is 0.316. The summed E-state index contributed by atoms with van der Waals surface area (Å²) in [5.41, 5.74) is 1.32. The smallest absolute Gasteiger partial charge is 0.123 e. The summed E-state index contributed by atoms with van der Waals surface area (Å²) in [6.07, 6.45) is 3.73. The third kappa shape index (κ3) is 1.83. The number of hydrogen-bond acceptors (Lipinski definition) is 3. The minimum atomic E-state index is 0.316. The van der Waals surface area contributed by atoms with Crippen LogP contribution in [0.5, 0.6) is 5.75 Å². The summed E-state index contributed by atoms with van der Waals surface area (Å²) in [6.45, 7) is 1.53. The highest BCUT2D eigenvalue weighted by atomic mass is 16.6. The second-order valence-corrected chi connectivity index (χ2v) is 5.13. The van der Waals surface area contributed by atoms with E-state index in [0.29, 0.717) is 30.8 Å². The lowest BCUT2D eigenvalue weighted by atomic mass is 9.96. The van der Waals surface area contributed by atoms with Crippen molar-refractivity contribution in [3.05, 3.63) is 29.8 Å². The van der Waals surface area contributed by atoms with Crippen LogP contribution < -0.4 is 4.74 Å². The maximum atomic E-state index is 5.86. The first-order chi connectivity index (χ1) is 8.42. The Kier molecular flexibility index (Phi) is 2.17. The zero-order chi connectivity index (χ0) is 11.2. The van der Waals surface area contributed by atoms with Gasteiger partial charge in [-0.15, -0.1) is 0 Å². The quantitative estimate of drug-likeness (QED) is 0.746. The van der Waals surface area contributed by atoms with Gasteiger partial charge in [-0.2, -0.15) is 0 Å². The number of ether oxygens (including phenoxy) is 3. The molecule has 0 N–H and O–H groups in total. The Bertz CT molecular complexity index is 427. The third-order valence-electron chi connectivity index (χ3n) is 3.93. The van der Waals surface area contributed by atoms with Crippen LogP contribution in [0.15, 0.2) is 24.3 Å². The average Bonchev–Trinajstić information content (AvgIpc) is 3.28. The van der Waals surface area contributed by atoms with Crippen molar-refractivity contribution in [1.29, 1.82) is 0 Å². The molecule has 3 heteroatoms. The van der Waals surface area contributed by atoms with Crippen LogP contribution >= 0.6 is 0 Å². The second-order valence-electron chi connectivity index (χ2n) is 5.13. The van der Waals surface area contributed by atoms with Crippen LogP contribution in [-0.4, -0.2) is 31.5 Å². The molecule has 3 nitrogen and oxygen atoms in total. The molecule has 1 aliphatic carbocycles. The van der Waals surface area contributed by atoms with Crippen molar-refractivity contribution < 1.29 is 14.2 Å². The van der Waals surface area contributed by atoms with Crippen molar-refractivity contribution in [3.63, 3.8) is 0 Å². The van der Waals surface area contributed by atoms with Gasteiger partial charge in [0.2, 0.25) is 0 Å². The van der Waals surface area contributed by atoms with Crippen LogP contribution in [0, 0.1) is 0 Å². The number of rotatable bonds is 4. The molecule has 0 aromatic heterocycles. The first kappa shape index (κ1) is 9.92. The molecule has 0 bridgehead atoms. The van der Waals surface area contributed by atoms with E-state index in [0.717, 1.165) is 12.4 Å². The number of para-hydroxylation sites is 1. The van der Waals surface area contributed by atoms with E-state index in [1.165, 1.54) is 18.4 Å². The fourth-order valence-corrected chi connectivity index (χ4v) is 2.85. The number of benzene rings is 1. The van der Waals surface area contributed by atoms with E-state index in [1.807, 2.05) is 6.07 Å². The predicted molar refractivity (Wildman–Crippen MR) is 62.3 cm³/mol. The molecule has 1 saturated carbocycles. The van der Waals surface area contributed by atoms with Gasteiger partial charge in [-0.3, -0.25) is 0 Å². The van der Waals surface area contributed by atoms with Gasteiger partial charge in [0.25, 0.3) is 0 Å². The summed E-state index contributed by atoms with van der Waals surface area (Å²) < 4.78 is 16.7. The van der Waals surface area contributed by atoms with Crippen molar-refractivity contribution in [2.45, 2.75) is 37.1 Å². The van der Waals surface area contributed by atoms with Gasteiger partial charge in [0.1, 0.15) is 18.5 Å². The molecule has 4 unspecified atom stereocenters.